The van der Waals surface area contributed by atoms with Gasteiger partial charge in [0.05, 0.1) is 17.1 Å². The van der Waals surface area contributed by atoms with Crippen LogP contribution in [0.15, 0.2) is 22.7 Å². The summed E-state index contributed by atoms with van der Waals surface area (Å²) in [6.07, 6.45) is -3.79. The van der Waals surface area contributed by atoms with Gasteiger partial charge in [0.1, 0.15) is 9.84 Å². The first-order valence-electron chi connectivity index (χ1n) is 6.01. The molecule has 112 valence electrons. The molecular formula is C12H13BrF3NO2S. The molecule has 1 heterocycles. The maximum Gasteiger partial charge on any atom is 0.418 e. The molecule has 1 N–H and O–H groups in total. The van der Waals surface area contributed by atoms with Crippen molar-refractivity contribution in [1.82, 2.24) is 0 Å². The van der Waals surface area contributed by atoms with Crippen LogP contribution >= 0.6 is 15.9 Å². The second-order valence-electron chi connectivity index (χ2n) is 4.76. The van der Waals surface area contributed by atoms with Gasteiger partial charge in [-0.1, -0.05) is 15.9 Å². The summed E-state index contributed by atoms with van der Waals surface area (Å²) in [4.78, 5) is 0. The minimum atomic E-state index is -4.45. The lowest BCUT2D eigenvalue weighted by molar-refractivity contribution is -0.137. The molecule has 0 bridgehead atoms. The van der Waals surface area contributed by atoms with E-state index in [4.69, 9.17) is 0 Å². The summed E-state index contributed by atoms with van der Waals surface area (Å²) in [6.45, 7) is 0. The van der Waals surface area contributed by atoms with E-state index in [1.54, 1.807) is 0 Å². The van der Waals surface area contributed by atoms with Gasteiger partial charge in [-0.25, -0.2) is 8.42 Å². The molecule has 0 unspecified atom stereocenters. The van der Waals surface area contributed by atoms with Crippen LogP contribution in [-0.4, -0.2) is 26.0 Å². The first-order chi connectivity index (χ1) is 9.17. The van der Waals surface area contributed by atoms with Crippen molar-refractivity contribution in [2.45, 2.75) is 25.1 Å². The van der Waals surface area contributed by atoms with Crippen LogP contribution in [0.2, 0.25) is 0 Å². The predicted octanol–water partition coefficient (Wildman–Crippen LogP) is 3.46. The topological polar surface area (TPSA) is 46.2 Å². The summed E-state index contributed by atoms with van der Waals surface area (Å²) in [7, 11) is -3.02. The van der Waals surface area contributed by atoms with Crippen LogP contribution in [-0.2, 0) is 16.0 Å². The maximum absolute atomic E-state index is 12.9. The van der Waals surface area contributed by atoms with Crippen molar-refractivity contribution < 1.29 is 21.6 Å². The third-order valence-corrected chi connectivity index (χ3v) is 5.41. The van der Waals surface area contributed by atoms with Crippen LogP contribution in [0.5, 0.6) is 0 Å². The highest BCUT2D eigenvalue weighted by Gasteiger charge is 2.34. The molecule has 1 aromatic rings. The van der Waals surface area contributed by atoms with Crippen molar-refractivity contribution in [1.29, 1.82) is 0 Å². The van der Waals surface area contributed by atoms with E-state index in [2.05, 4.69) is 21.2 Å². The monoisotopic (exact) mass is 371 g/mol. The van der Waals surface area contributed by atoms with Gasteiger partial charge in [0.25, 0.3) is 0 Å². The van der Waals surface area contributed by atoms with Crippen LogP contribution in [0.25, 0.3) is 0 Å². The highest BCUT2D eigenvalue weighted by molar-refractivity contribution is 9.10. The number of alkyl halides is 3. The molecule has 1 aliphatic rings. The largest absolute Gasteiger partial charge is 0.418 e. The molecule has 0 atom stereocenters. The Morgan fingerprint density at radius 2 is 1.80 bits per heavy atom. The van der Waals surface area contributed by atoms with E-state index in [9.17, 15) is 21.6 Å². The van der Waals surface area contributed by atoms with Crippen molar-refractivity contribution in [3.63, 3.8) is 0 Å². The van der Waals surface area contributed by atoms with E-state index in [0.717, 1.165) is 6.07 Å². The van der Waals surface area contributed by atoms with E-state index in [-0.39, 0.29) is 23.2 Å². The molecule has 0 saturated carbocycles. The number of benzene rings is 1. The molecule has 1 fully saturated rings. The molecule has 20 heavy (non-hydrogen) atoms. The highest BCUT2D eigenvalue weighted by atomic mass is 79.9. The predicted molar refractivity (Wildman–Crippen MR) is 74.4 cm³/mol. The lowest BCUT2D eigenvalue weighted by Gasteiger charge is -2.25. The highest BCUT2D eigenvalue weighted by Crippen LogP contribution is 2.37. The third-order valence-electron chi connectivity index (χ3n) is 3.20. The van der Waals surface area contributed by atoms with E-state index in [1.165, 1.54) is 12.1 Å². The zero-order valence-electron chi connectivity index (χ0n) is 10.4. The van der Waals surface area contributed by atoms with Gasteiger partial charge in [-0.2, -0.15) is 13.2 Å². The van der Waals surface area contributed by atoms with Gasteiger partial charge >= 0.3 is 6.18 Å². The summed E-state index contributed by atoms with van der Waals surface area (Å²) in [5, 5.41) is 2.82. The van der Waals surface area contributed by atoms with Crippen LogP contribution in [0.4, 0.5) is 18.9 Å². The Hall–Kier alpha value is -0.760. The first kappa shape index (κ1) is 15.6. The van der Waals surface area contributed by atoms with Crippen molar-refractivity contribution in [2.75, 3.05) is 16.8 Å². The molecule has 1 aliphatic heterocycles. The molecule has 0 amide bonds. The van der Waals surface area contributed by atoms with E-state index < -0.39 is 21.6 Å². The Kier molecular flexibility index (Phi) is 4.34. The van der Waals surface area contributed by atoms with Gasteiger partial charge in [-0.3, -0.25) is 0 Å². The standard InChI is InChI=1S/C12H13BrF3NO2S/c13-8-1-2-11(10(7-8)12(14,15)16)17-9-3-5-20(18,19)6-4-9/h1-2,7,9,17H,3-6H2. The average molecular weight is 372 g/mol. The number of hydrogen-bond acceptors (Lipinski definition) is 3. The van der Waals surface area contributed by atoms with Crippen molar-refractivity contribution in [3.05, 3.63) is 28.2 Å². The summed E-state index contributed by atoms with van der Waals surface area (Å²) >= 11 is 3.02. The smallest absolute Gasteiger partial charge is 0.382 e. The van der Waals surface area contributed by atoms with Crippen molar-refractivity contribution in [2.24, 2.45) is 0 Å². The van der Waals surface area contributed by atoms with Gasteiger partial charge in [0.15, 0.2) is 0 Å². The molecule has 2 rings (SSSR count). The molecule has 1 saturated heterocycles. The van der Waals surface area contributed by atoms with Crippen molar-refractivity contribution in [3.8, 4) is 0 Å². The Labute approximate surface area is 123 Å². The van der Waals surface area contributed by atoms with Gasteiger partial charge in [-0.15, -0.1) is 0 Å². The van der Waals surface area contributed by atoms with Gasteiger partial charge < -0.3 is 5.32 Å². The number of hydrogen-bond donors (Lipinski definition) is 1. The average Bonchev–Trinajstić information content (AvgIpc) is 2.33. The molecule has 0 radical (unpaired) electrons. The molecule has 3 nitrogen and oxygen atoms in total. The normalized spacial score (nSPS) is 19.8. The van der Waals surface area contributed by atoms with E-state index in [0.29, 0.717) is 17.3 Å². The van der Waals surface area contributed by atoms with Crippen LogP contribution in [0.1, 0.15) is 18.4 Å². The second kappa shape index (κ2) is 5.55. The Bertz CT molecular complexity index is 587. The molecular weight excluding hydrogens is 359 g/mol. The minimum Gasteiger partial charge on any atom is -0.382 e. The van der Waals surface area contributed by atoms with Gasteiger partial charge in [0.2, 0.25) is 0 Å². The molecule has 8 heteroatoms. The van der Waals surface area contributed by atoms with E-state index in [1.807, 2.05) is 0 Å². The fourth-order valence-corrected chi connectivity index (χ4v) is 3.98. The maximum atomic E-state index is 12.9. The van der Waals surface area contributed by atoms with Crippen LogP contribution in [0.3, 0.4) is 0 Å². The minimum absolute atomic E-state index is 0.00926. The summed E-state index contributed by atoms with van der Waals surface area (Å²) in [5.41, 5.74) is -0.759. The molecule has 0 spiro atoms. The number of nitrogens with one attached hydrogen (secondary N) is 1. The fourth-order valence-electron chi connectivity index (χ4n) is 2.13. The Morgan fingerprint density at radius 1 is 1.20 bits per heavy atom. The number of sulfone groups is 1. The fraction of sp³-hybridized carbons (Fsp3) is 0.500. The van der Waals surface area contributed by atoms with Crippen molar-refractivity contribution >= 4 is 31.5 Å². The van der Waals surface area contributed by atoms with Gasteiger partial charge in [0, 0.05) is 16.2 Å². The van der Waals surface area contributed by atoms with Crippen LogP contribution < -0.4 is 5.32 Å². The summed E-state index contributed by atoms with van der Waals surface area (Å²) in [6, 6.07) is 3.65. The van der Waals surface area contributed by atoms with Crippen LogP contribution in [0, 0.1) is 0 Å². The summed E-state index contributed by atoms with van der Waals surface area (Å²) < 4.78 is 61.8. The second-order valence-corrected chi connectivity index (χ2v) is 7.98. The first-order valence-corrected chi connectivity index (χ1v) is 8.62. The Balaban J connectivity index is 2.18. The number of rotatable bonds is 2. The quantitative estimate of drug-likeness (QED) is 0.865. The molecule has 1 aromatic carbocycles. The molecule has 0 aromatic heterocycles. The van der Waals surface area contributed by atoms with Gasteiger partial charge in [-0.05, 0) is 31.0 Å². The number of anilines is 1. The Morgan fingerprint density at radius 3 is 2.35 bits per heavy atom. The SMILES string of the molecule is O=S1(=O)CCC(Nc2ccc(Br)cc2C(F)(F)F)CC1. The zero-order chi connectivity index (χ0) is 15.0. The zero-order valence-corrected chi connectivity index (χ0v) is 12.8. The third kappa shape index (κ3) is 3.88. The number of halogens is 4. The molecule has 0 aliphatic carbocycles. The van der Waals surface area contributed by atoms with E-state index >= 15 is 0 Å². The lowest BCUT2D eigenvalue weighted by Crippen LogP contribution is -2.32. The lowest BCUT2D eigenvalue weighted by atomic mass is 10.1. The summed E-state index contributed by atoms with van der Waals surface area (Å²) in [5.74, 6) is 0.0328.